The molecule has 1 rings (SSSR count). The number of ether oxygens (including phenoxy) is 1. The topological polar surface area (TPSA) is 41.5 Å². The summed E-state index contributed by atoms with van der Waals surface area (Å²) in [5, 5.41) is 12.9. The van der Waals surface area contributed by atoms with Gasteiger partial charge in [-0.1, -0.05) is 31.5 Å². The van der Waals surface area contributed by atoms with Crippen LogP contribution in [0.3, 0.4) is 0 Å². The van der Waals surface area contributed by atoms with Crippen molar-refractivity contribution in [3.8, 4) is 5.75 Å². The van der Waals surface area contributed by atoms with E-state index >= 15 is 0 Å². The van der Waals surface area contributed by atoms with Crippen LogP contribution in [0.5, 0.6) is 5.75 Å². The van der Waals surface area contributed by atoms with Gasteiger partial charge < -0.3 is 15.2 Å². The molecule has 0 bridgehead atoms. The zero-order valence-corrected chi connectivity index (χ0v) is 13.1. The highest BCUT2D eigenvalue weighted by Crippen LogP contribution is 2.29. The lowest BCUT2D eigenvalue weighted by molar-refractivity contribution is 0.300. The number of rotatable bonds is 8. The lowest BCUT2D eigenvalue weighted by atomic mass is 10.0. The second kappa shape index (κ2) is 8.46. The maximum Gasteiger partial charge on any atom is 0.123 e. The van der Waals surface area contributed by atoms with Gasteiger partial charge in [0.25, 0.3) is 0 Å². The van der Waals surface area contributed by atoms with Gasteiger partial charge in [0, 0.05) is 22.6 Å². The maximum absolute atomic E-state index is 9.13. The molecule has 0 aliphatic rings. The number of thioether (sulfide) groups is 1. The van der Waals surface area contributed by atoms with Gasteiger partial charge in [-0.3, -0.25) is 0 Å². The summed E-state index contributed by atoms with van der Waals surface area (Å²) in [4.78, 5) is 0. The monoisotopic (exact) mass is 283 g/mol. The summed E-state index contributed by atoms with van der Waals surface area (Å²) >= 11 is 1.78. The van der Waals surface area contributed by atoms with Gasteiger partial charge in [-0.25, -0.2) is 0 Å². The summed E-state index contributed by atoms with van der Waals surface area (Å²) < 4.78 is 5.46. The Morgan fingerprint density at radius 1 is 1.42 bits per heavy atom. The molecule has 0 spiro atoms. The van der Waals surface area contributed by atoms with E-state index in [1.807, 2.05) is 13.0 Å². The van der Waals surface area contributed by atoms with Crippen LogP contribution in [-0.2, 0) is 0 Å². The number of hydrogen-bond donors (Lipinski definition) is 2. The van der Waals surface area contributed by atoms with Crippen LogP contribution in [0.2, 0.25) is 0 Å². The number of aryl methyl sites for hydroxylation is 1. The van der Waals surface area contributed by atoms with Gasteiger partial charge in [-0.2, -0.15) is 11.8 Å². The lowest BCUT2D eigenvalue weighted by Crippen LogP contribution is -2.24. The van der Waals surface area contributed by atoms with E-state index in [1.165, 1.54) is 11.1 Å². The Labute approximate surface area is 120 Å². The SMILES string of the molecule is CCNC(CSC(C)CO)c1cc(C)ccc1OC. The molecule has 0 amide bonds. The number of aliphatic hydroxyl groups is 1. The number of benzene rings is 1. The van der Waals surface area contributed by atoms with Crippen molar-refractivity contribution < 1.29 is 9.84 Å². The summed E-state index contributed by atoms with van der Waals surface area (Å²) in [5.74, 6) is 1.85. The van der Waals surface area contributed by atoms with Crippen LogP contribution < -0.4 is 10.1 Å². The highest BCUT2D eigenvalue weighted by atomic mass is 32.2. The highest BCUT2D eigenvalue weighted by molar-refractivity contribution is 7.99. The molecule has 0 saturated heterocycles. The van der Waals surface area contributed by atoms with E-state index in [0.717, 1.165) is 18.0 Å². The first kappa shape index (κ1) is 16.3. The second-order valence-electron chi connectivity index (χ2n) is 4.68. The quantitative estimate of drug-likeness (QED) is 0.770. The fraction of sp³-hybridized carbons (Fsp3) is 0.600. The summed E-state index contributed by atoms with van der Waals surface area (Å²) in [5.41, 5.74) is 2.43. The predicted molar refractivity (Wildman–Crippen MR) is 83.2 cm³/mol. The minimum absolute atomic E-state index is 0.217. The minimum atomic E-state index is 0.217. The fourth-order valence-corrected chi connectivity index (χ4v) is 2.87. The largest absolute Gasteiger partial charge is 0.496 e. The number of nitrogens with one attached hydrogen (secondary N) is 1. The minimum Gasteiger partial charge on any atom is -0.496 e. The highest BCUT2D eigenvalue weighted by Gasteiger charge is 2.16. The van der Waals surface area contributed by atoms with Crippen molar-refractivity contribution in [2.75, 3.05) is 26.0 Å². The van der Waals surface area contributed by atoms with E-state index < -0.39 is 0 Å². The summed E-state index contributed by atoms with van der Waals surface area (Å²) in [6.45, 7) is 7.37. The van der Waals surface area contributed by atoms with Gasteiger partial charge in [-0.05, 0) is 19.5 Å². The van der Waals surface area contributed by atoms with Crippen LogP contribution in [-0.4, -0.2) is 36.4 Å². The van der Waals surface area contributed by atoms with Crippen molar-refractivity contribution in [1.29, 1.82) is 0 Å². The molecule has 19 heavy (non-hydrogen) atoms. The first-order valence-electron chi connectivity index (χ1n) is 6.72. The first-order chi connectivity index (χ1) is 9.12. The van der Waals surface area contributed by atoms with E-state index in [0.29, 0.717) is 0 Å². The van der Waals surface area contributed by atoms with Crippen molar-refractivity contribution in [3.63, 3.8) is 0 Å². The standard InChI is InChI=1S/C15H25NO2S/c1-5-16-14(10-19-12(3)9-17)13-8-11(2)6-7-15(13)18-4/h6-8,12,14,16-17H,5,9-10H2,1-4H3. The Morgan fingerprint density at radius 3 is 2.74 bits per heavy atom. The third kappa shape index (κ3) is 5.05. The maximum atomic E-state index is 9.13. The molecule has 108 valence electrons. The molecular weight excluding hydrogens is 258 g/mol. The molecule has 0 radical (unpaired) electrons. The average molecular weight is 283 g/mol. The molecular formula is C15H25NO2S. The number of hydrogen-bond acceptors (Lipinski definition) is 4. The van der Waals surface area contributed by atoms with Gasteiger partial charge in [-0.15, -0.1) is 0 Å². The van der Waals surface area contributed by atoms with Crippen molar-refractivity contribution >= 4 is 11.8 Å². The Balaban J connectivity index is 2.87. The molecule has 0 aliphatic carbocycles. The van der Waals surface area contributed by atoms with Crippen LogP contribution in [0.1, 0.15) is 31.0 Å². The fourth-order valence-electron chi connectivity index (χ4n) is 1.94. The smallest absolute Gasteiger partial charge is 0.123 e. The molecule has 0 fully saturated rings. The van der Waals surface area contributed by atoms with Crippen molar-refractivity contribution in [2.45, 2.75) is 32.1 Å². The molecule has 2 unspecified atom stereocenters. The molecule has 3 nitrogen and oxygen atoms in total. The van der Waals surface area contributed by atoms with Gasteiger partial charge >= 0.3 is 0 Å². The molecule has 1 aromatic rings. The van der Waals surface area contributed by atoms with E-state index in [9.17, 15) is 0 Å². The van der Waals surface area contributed by atoms with Crippen LogP contribution >= 0.6 is 11.8 Å². The van der Waals surface area contributed by atoms with Crippen LogP contribution in [0.25, 0.3) is 0 Å². The molecule has 0 aliphatic heterocycles. The summed E-state index contributed by atoms with van der Waals surface area (Å²) in [7, 11) is 1.71. The van der Waals surface area contributed by atoms with Crippen LogP contribution in [0.4, 0.5) is 0 Å². The van der Waals surface area contributed by atoms with Gasteiger partial charge in [0.2, 0.25) is 0 Å². The molecule has 2 N–H and O–H groups in total. The Kier molecular flexibility index (Phi) is 7.28. The molecule has 0 saturated carbocycles. The molecule has 0 aromatic heterocycles. The lowest BCUT2D eigenvalue weighted by Gasteiger charge is -2.22. The molecule has 2 atom stereocenters. The van der Waals surface area contributed by atoms with E-state index in [-0.39, 0.29) is 17.9 Å². The molecule has 0 heterocycles. The number of aliphatic hydroxyl groups excluding tert-OH is 1. The summed E-state index contributed by atoms with van der Waals surface area (Å²) in [6.07, 6.45) is 0. The van der Waals surface area contributed by atoms with Gasteiger partial charge in [0.15, 0.2) is 0 Å². The zero-order valence-electron chi connectivity index (χ0n) is 12.3. The van der Waals surface area contributed by atoms with E-state index in [1.54, 1.807) is 18.9 Å². The van der Waals surface area contributed by atoms with Gasteiger partial charge in [0.05, 0.1) is 13.7 Å². The van der Waals surface area contributed by atoms with Crippen molar-refractivity contribution in [2.24, 2.45) is 0 Å². The summed E-state index contributed by atoms with van der Waals surface area (Å²) in [6, 6.07) is 6.51. The van der Waals surface area contributed by atoms with Gasteiger partial charge in [0.1, 0.15) is 5.75 Å². The third-order valence-corrected chi connectivity index (χ3v) is 4.26. The third-order valence-electron chi connectivity index (χ3n) is 3.02. The molecule has 4 heteroatoms. The normalized spacial score (nSPS) is 14.2. The zero-order chi connectivity index (χ0) is 14.3. The predicted octanol–water partition coefficient (Wildman–Crippen LogP) is 2.77. The Bertz CT molecular complexity index is 384. The van der Waals surface area contributed by atoms with Crippen LogP contribution in [0.15, 0.2) is 18.2 Å². The Morgan fingerprint density at radius 2 is 2.16 bits per heavy atom. The first-order valence-corrected chi connectivity index (χ1v) is 7.77. The molecule has 1 aromatic carbocycles. The second-order valence-corrected chi connectivity index (χ2v) is 6.15. The van der Waals surface area contributed by atoms with E-state index in [2.05, 4.69) is 31.3 Å². The van der Waals surface area contributed by atoms with E-state index in [4.69, 9.17) is 9.84 Å². The number of methoxy groups -OCH3 is 1. The van der Waals surface area contributed by atoms with Crippen LogP contribution in [0, 0.1) is 6.92 Å². The average Bonchev–Trinajstić information content (AvgIpc) is 2.43. The van der Waals surface area contributed by atoms with Crippen molar-refractivity contribution in [3.05, 3.63) is 29.3 Å². The van der Waals surface area contributed by atoms with Crippen molar-refractivity contribution in [1.82, 2.24) is 5.32 Å². The Hall–Kier alpha value is -0.710.